The summed E-state index contributed by atoms with van der Waals surface area (Å²) in [5, 5.41) is 12.1. The number of nitrogens with zero attached hydrogens (tertiary/aromatic N) is 1. The zero-order valence-corrected chi connectivity index (χ0v) is 13.8. The highest BCUT2D eigenvalue weighted by atomic mass is 32.2. The fourth-order valence-corrected chi connectivity index (χ4v) is 5.34. The first-order valence-electron chi connectivity index (χ1n) is 6.87. The third kappa shape index (κ3) is 3.38. The molecule has 1 aliphatic rings. The van der Waals surface area contributed by atoms with Crippen LogP contribution in [0, 0.1) is 12.8 Å². The molecule has 1 heterocycles. The second-order valence-corrected chi connectivity index (χ2v) is 8.92. The van der Waals surface area contributed by atoms with Crippen LogP contribution in [0.5, 0.6) is 0 Å². The number of hydrogen-bond donors (Lipinski definition) is 3. The van der Waals surface area contributed by atoms with E-state index in [0.717, 1.165) is 17.7 Å². The van der Waals surface area contributed by atoms with Gasteiger partial charge in [-0.1, -0.05) is 12.1 Å². The molecule has 1 aliphatic carbocycles. The molecule has 118 valence electrons. The van der Waals surface area contributed by atoms with Crippen LogP contribution < -0.4 is 10.5 Å². The highest BCUT2D eigenvalue weighted by molar-refractivity contribution is 7.91. The van der Waals surface area contributed by atoms with E-state index in [-0.39, 0.29) is 10.0 Å². The zero-order valence-electron chi connectivity index (χ0n) is 12.2. The molecule has 0 aromatic carbocycles. The maximum absolute atomic E-state index is 12.5. The van der Waals surface area contributed by atoms with Gasteiger partial charge in [-0.2, -0.15) is 4.72 Å². The van der Waals surface area contributed by atoms with E-state index in [9.17, 15) is 8.42 Å². The van der Waals surface area contributed by atoms with Gasteiger partial charge in [0.25, 0.3) is 10.0 Å². The van der Waals surface area contributed by atoms with Crippen molar-refractivity contribution in [2.75, 3.05) is 0 Å². The normalized spacial score (nSPS) is 27.7. The van der Waals surface area contributed by atoms with Gasteiger partial charge in [0.2, 0.25) is 0 Å². The summed E-state index contributed by atoms with van der Waals surface area (Å²) in [7, 11) is -3.67. The average molecular weight is 331 g/mol. The summed E-state index contributed by atoms with van der Waals surface area (Å²) in [5.74, 6) is 0.448. The van der Waals surface area contributed by atoms with Crippen LogP contribution in [0.25, 0.3) is 0 Å². The smallest absolute Gasteiger partial charge is 0.250 e. The molecule has 1 fully saturated rings. The van der Waals surface area contributed by atoms with Crippen LogP contribution in [0.2, 0.25) is 0 Å². The van der Waals surface area contributed by atoms with Crippen molar-refractivity contribution >= 4 is 27.2 Å². The molecule has 2 rings (SSSR count). The number of aryl methyl sites for hydroxylation is 1. The monoisotopic (exact) mass is 331 g/mol. The largest absolute Gasteiger partial charge is 0.409 e. The number of nitrogens with two attached hydrogens (primary N) is 1. The molecule has 0 bridgehead atoms. The minimum absolute atomic E-state index is 0.0637. The molecule has 0 atom stereocenters. The van der Waals surface area contributed by atoms with E-state index in [1.54, 1.807) is 12.1 Å². The standard InChI is InChI=1S/C13H21N3O3S2/c1-9-5-7-13(8-6-9,12(14)15-17)16-21(18,19)11-4-3-10(2)20-11/h3-4,9,16-17H,5-8H2,1-2H3,(H2,14,15). The molecule has 6 nitrogen and oxygen atoms in total. The van der Waals surface area contributed by atoms with Crippen molar-refractivity contribution in [2.24, 2.45) is 16.8 Å². The predicted octanol–water partition coefficient (Wildman–Crippen LogP) is 2.03. The Morgan fingerprint density at radius 2 is 2.10 bits per heavy atom. The second-order valence-electron chi connectivity index (χ2n) is 5.72. The van der Waals surface area contributed by atoms with Gasteiger partial charge >= 0.3 is 0 Å². The van der Waals surface area contributed by atoms with Gasteiger partial charge in [-0.25, -0.2) is 8.42 Å². The Hall–Kier alpha value is -1.12. The first-order valence-corrected chi connectivity index (χ1v) is 9.17. The van der Waals surface area contributed by atoms with Gasteiger partial charge in [0.05, 0.1) is 5.54 Å². The number of sulfonamides is 1. The predicted molar refractivity (Wildman–Crippen MR) is 83.1 cm³/mol. The molecule has 4 N–H and O–H groups in total. The summed E-state index contributed by atoms with van der Waals surface area (Å²) >= 11 is 1.21. The van der Waals surface area contributed by atoms with Crippen molar-refractivity contribution in [3.05, 3.63) is 17.0 Å². The molecule has 0 aliphatic heterocycles. The third-order valence-corrected chi connectivity index (χ3v) is 7.07. The number of thiophene rings is 1. The molecule has 1 saturated carbocycles. The minimum Gasteiger partial charge on any atom is -0.409 e. The number of amidine groups is 1. The summed E-state index contributed by atoms with van der Waals surface area (Å²) < 4.78 is 28.0. The van der Waals surface area contributed by atoms with E-state index in [1.807, 2.05) is 6.92 Å². The van der Waals surface area contributed by atoms with Gasteiger partial charge in [0.15, 0.2) is 5.84 Å². The molecule has 0 unspecified atom stereocenters. The molecule has 1 aromatic heterocycles. The Kier molecular flexibility index (Phi) is 4.60. The van der Waals surface area contributed by atoms with Gasteiger partial charge in [0, 0.05) is 4.88 Å². The van der Waals surface area contributed by atoms with Crippen molar-refractivity contribution in [2.45, 2.75) is 49.3 Å². The quantitative estimate of drug-likeness (QED) is 0.340. The summed E-state index contributed by atoms with van der Waals surface area (Å²) in [6, 6.07) is 3.34. The van der Waals surface area contributed by atoms with Crippen LogP contribution in [0.15, 0.2) is 21.5 Å². The first kappa shape index (κ1) is 16.3. The van der Waals surface area contributed by atoms with Gasteiger partial charge in [0.1, 0.15) is 4.21 Å². The van der Waals surface area contributed by atoms with E-state index in [0.29, 0.717) is 18.8 Å². The van der Waals surface area contributed by atoms with Crippen LogP contribution in [-0.2, 0) is 10.0 Å². The van der Waals surface area contributed by atoms with Crippen LogP contribution in [0.1, 0.15) is 37.5 Å². The molecule has 0 amide bonds. The van der Waals surface area contributed by atoms with Crippen molar-refractivity contribution < 1.29 is 13.6 Å². The van der Waals surface area contributed by atoms with E-state index >= 15 is 0 Å². The number of rotatable bonds is 4. The Labute approximate surface area is 129 Å². The molecule has 0 spiro atoms. The molecule has 1 aromatic rings. The Balaban J connectivity index is 2.31. The van der Waals surface area contributed by atoms with Crippen molar-refractivity contribution in [1.82, 2.24) is 4.72 Å². The third-order valence-electron chi connectivity index (χ3n) is 4.04. The van der Waals surface area contributed by atoms with Crippen LogP contribution in [0.4, 0.5) is 0 Å². The lowest BCUT2D eigenvalue weighted by Gasteiger charge is -2.38. The van der Waals surface area contributed by atoms with E-state index in [1.165, 1.54) is 11.3 Å². The fraction of sp³-hybridized carbons (Fsp3) is 0.615. The van der Waals surface area contributed by atoms with Crippen molar-refractivity contribution in [3.63, 3.8) is 0 Å². The van der Waals surface area contributed by atoms with Gasteiger partial charge < -0.3 is 10.9 Å². The zero-order chi connectivity index (χ0) is 15.7. The molecule has 8 heteroatoms. The second kappa shape index (κ2) is 5.94. The summed E-state index contributed by atoms with van der Waals surface area (Å²) in [6.45, 7) is 3.97. The molecular weight excluding hydrogens is 310 g/mol. The SMILES string of the molecule is Cc1ccc(S(=O)(=O)NC2(/C(N)=N/O)CCC(C)CC2)s1. The maximum atomic E-state index is 12.5. The maximum Gasteiger partial charge on any atom is 0.250 e. The highest BCUT2D eigenvalue weighted by Crippen LogP contribution is 2.34. The van der Waals surface area contributed by atoms with Gasteiger partial charge in [-0.05, 0) is 50.7 Å². The van der Waals surface area contributed by atoms with Crippen molar-refractivity contribution in [1.29, 1.82) is 0 Å². The minimum atomic E-state index is -3.67. The lowest BCUT2D eigenvalue weighted by Crippen LogP contribution is -2.58. The molecule has 0 radical (unpaired) electrons. The summed E-state index contributed by atoms with van der Waals surface area (Å²) in [4.78, 5) is 0.922. The average Bonchev–Trinajstić information content (AvgIpc) is 2.88. The summed E-state index contributed by atoms with van der Waals surface area (Å²) in [6.07, 6.45) is 2.74. The van der Waals surface area contributed by atoms with E-state index < -0.39 is 15.6 Å². The van der Waals surface area contributed by atoms with Gasteiger partial charge in [-0.3, -0.25) is 0 Å². The fourth-order valence-electron chi connectivity index (χ4n) is 2.63. The first-order chi connectivity index (χ1) is 9.79. The number of nitrogens with one attached hydrogen (secondary N) is 1. The van der Waals surface area contributed by atoms with Crippen LogP contribution in [-0.4, -0.2) is 25.0 Å². The molecule has 21 heavy (non-hydrogen) atoms. The highest BCUT2D eigenvalue weighted by Gasteiger charge is 2.42. The summed E-state index contributed by atoms with van der Waals surface area (Å²) in [5.41, 5.74) is 4.81. The topological polar surface area (TPSA) is 105 Å². The van der Waals surface area contributed by atoms with Crippen LogP contribution >= 0.6 is 11.3 Å². The Morgan fingerprint density at radius 3 is 2.57 bits per heavy atom. The Morgan fingerprint density at radius 1 is 1.48 bits per heavy atom. The van der Waals surface area contributed by atoms with Gasteiger partial charge in [-0.15, -0.1) is 11.3 Å². The number of hydrogen-bond acceptors (Lipinski definition) is 5. The van der Waals surface area contributed by atoms with E-state index in [2.05, 4.69) is 16.8 Å². The van der Waals surface area contributed by atoms with E-state index in [4.69, 9.17) is 10.9 Å². The molecule has 0 saturated heterocycles. The lowest BCUT2D eigenvalue weighted by molar-refractivity contribution is 0.267. The number of oxime groups is 1. The lowest BCUT2D eigenvalue weighted by atomic mass is 9.77. The molecular formula is C13H21N3O3S2. The Bertz CT molecular complexity index is 629. The van der Waals surface area contributed by atoms with Crippen LogP contribution in [0.3, 0.4) is 0 Å². The van der Waals surface area contributed by atoms with Crippen molar-refractivity contribution in [3.8, 4) is 0 Å².